The number of nitrogens with one attached hydrogen (secondary N) is 2. The summed E-state index contributed by atoms with van der Waals surface area (Å²) in [7, 11) is 2.14. The minimum atomic E-state index is 0.277. The van der Waals surface area contributed by atoms with Gasteiger partial charge in [-0.15, -0.1) is 0 Å². The molecule has 1 aliphatic carbocycles. The van der Waals surface area contributed by atoms with Crippen molar-refractivity contribution < 1.29 is 4.79 Å². The van der Waals surface area contributed by atoms with Crippen LogP contribution in [0.3, 0.4) is 0 Å². The standard InChI is InChI=1S/C24H39N5O/c1-3-25-24(26-16-9-10-17-28(2)22-13-5-4-6-14-22)27-21-15-18-29(19-21)23(30)20-11-7-8-12-20/h4-6,13-14,20-21H,3,7-12,15-19H2,1-2H3,(H2,25,26,27). The highest BCUT2D eigenvalue weighted by molar-refractivity contribution is 5.81. The third-order valence-corrected chi connectivity index (χ3v) is 6.26. The van der Waals surface area contributed by atoms with Crippen LogP contribution in [0.2, 0.25) is 0 Å². The molecular formula is C24H39N5O. The van der Waals surface area contributed by atoms with Crippen LogP contribution in [0, 0.1) is 5.92 Å². The number of nitrogens with zero attached hydrogens (tertiary/aromatic N) is 3. The van der Waals surface area contributed by atoms with Gasteiger partial charge in [0.1, 0.15) is 0 Å². The van der Waals surface area contributed by atoms with Gasteiger partial charge < -0.3 is 20.4 Å². The number of anilines is 1. The quantitative estimate of drug-likeness (QED) is 0.371. The van der Waals surface area contributed by atoms with Gasteiger partial charge in [-0.25, -0.2) is 0 Å². The van der Waals surface area contributed by atoms with Crippen LogP contribution in [-0.4, -0.2) is 62.6 Å². The SMILES string of the molecule is CCNC(=NCCCCN(C)c1ccccc1)NC1CCN(C(=O)C2CCCC2)C1. The van der Waals surface area contributed by atoms with E-state index in [0.717, 1.165) is 70.8 Å². The average Bonchev–Trinajstić information content (AvgIpc) is 3.46. The number of guanidine groups is 1. The van der Waals surface area contributed by atoms with Crippen LogP contribution in [0.25, 0.3) is 0 Å². The molecule has 1 amide bonds. The molecule has 1 aromatic rings. The third kappa shape index (κ3) is 6.64. The van der Waals surface area contributed by atoms with Crippen LogP contribution in [0.4, 0.5) is 5.69 Å². The maximum Gasteiger partial charge on any atom is 0.225 e. The number of para-hydroxylation sites is 1. The second-order valence-corrected chi connectivity index (χ2v) is 8.62. The van der Waals surface area contributed by atoms with Crippen molar-refractivity contribution in [2.75, 3.05) is 44.7 Å². The van der Waals surface area contributed by atoms with E-state index in [2.05, 4.69) is 64.7 Å². The number of rotatable bonds is 9. The summed E-state index contributed by atoms with van der Waals surface area (Å²) in [5.74, 6) is 1.54. The van der Waals surface area contributed by atoms with Crippen LogP contribution in [-0.2, 0) is 4.79 Å². The number of hydrogen-bond acceptors (Lipinski definition) is 3. The molecule has 1 heterocycles. The van der Waals surface area contributed by atoms with Gasteiger partial charge in [-0.3, -0.25) is 9.79 Å². The van der Waals surface area contributed by atoms with Gasteiger partial charge in [0.15, 0.2) is 5.96 Å². The fourth-order valence-electron chi connectivity index (χ4n) is 4.49. The first-order chi connectivity index (χ1) is 14.7. The highest BCUT2D eigenvalue weighted by atomic mass is 16.2. The summed E-state index contributed by atoms with van der Waals surface area (Å²) in [6, 6.07) is 10.8. The Labute approximate surface area is 182 Å². The summed E-state index contributed by atoms with van der Waals surface area (Å²) in [4.78, 5) is 21.8. The van der Waals surface area contributed by atoms with Crippen molar-refractivity contribution in [1.29, 1.82) is 0 Å². The van der Waals surface area contributed by atoms with Crippen LogP contribution < -0.4 is 15.5 Å². The fourth-order valence-corrected chi connectivity index (χ4v) is 4.49. The van der Waals surface area contributed by atoms with Gasteiger partial charge in [0.2, 0.25) is 5.91 Å². The molecule has 0 bridgehead atoms. The summed E-state index contributed by atoms with van der Waals surface area (Å²) in [5.41, 5.74) is 1.26. The van der Waals surface area contributed by atoms with Crippen molar-refractivity contribution >= 4 is 17.6 Å². The molecule has 0 aromatic heterocycles. The van der Waals surface area contributed by atoms with E-state index < -0.39 is 0 Å². The largest absolute Gasteiger partial charge is 0.375 e. The molecule has 1 saturated heterocycles. The molecule has 166 valence electrons. The summed E-state index contributed by atoms with van der Waals surface area (Å²) in [5, 5.41) is 6.91. The second-order valence-electron chi connectivity index (χ2n) is 8.62. The molecule has 1 aromatic carbocycles. The van der Waals surface area contributed by atoms with Gasteiger partial charge in [0.05, 0.1) is 0 Å². The molecule has 6 nitrogen and oxygen atoms in total. The number of carbonyl (C=O) groups is 1. The first-order valence-electron chi connectivity index (χ1n) is 11.8. The van der Waals surface area contributed by atoms with Gasteiger partial charge >= 0.3 is 0 Å². The molecule has 0 radical (unpaired) electrons. The number of unbranched alkanes of at least 4 members (excludes halogenated alkanes) is 1. The summed E-state index contributed by atoms with van der Waals surface area (Å²) in [6.07, 6.45) is 7.76. The number of amides is 1. The average molecular weight is 414 g/mol. The van der Waals surface area contributed by atoms with Crippen molar-refractivity contribution in [1.82, 2.24) is 15.5 Å². The van der Waals surface area contributed by atoms with Crippen molar-refractivity contribution in [3.05, 3.63) is 30.3 Å². The number of likely N-dealkylation sites (tertiary alicyclic amines) is 1. The van der Waals surface area contributed by atoms with E-state index in [0.29, 0.717) is 11.9 Å². The molecule has 1 saturated carbocycles. The molecule has 6 heteroatoms. The van der Waals surface area contributed by atoms with E-state index in [1.54, 1.807) is 0 Å². The minimum Gasteiger partial charge on any atom is -0.375 e. The summed E-state index contributed by atoms with van der Waals surface area (Å²) < 4.78 is 0. The Bertz CT molecular complexity index is 671. The normalized spacial score (nSPS) is 19.9. The van der Waals surface area contributed by atoms with Gasteiger partial charge in [-0.05, 0) is 51.2 Å². The molecular weight excluding hydrogens is 374 g/mol. The zero-order valence-corrected chi connectivity index (χ0v) is 18.8. The summed E-state index contributed by atoms with van der Waals surface area (Å²) in [6.45, 7) is 6.47. The molecule has 3 rings (SSSR count). The van der Waals surface area contributed by atoms with Crippen molar-refractivity contribution in [2.45, 2.75) is 57.9 Å². The predicted molar refractivity (Wildman–Crippen MR) is 125 cm³/mol. The maximum absolute atomic E-state index is 12.7. The van der Waals surface area contributed by atoms with E-state index >= 15 is 0 Å². The topological polar surface area (TPSA) is 60.0 Å². The number of aliphatic imine (C=N–C) groups is 1. The molecule has 30 heavy (non-hydrogen) atoms. The predicted octanol–water partition coefficient (Wildman–Crippen LogP) is 3.25. The maximum atomic E-state index is 12.7. The lowest BCUT2D eigenvalue weighted by atomic mass is 10.1. The van der Waals surface area contributed by atoms with Crippen LogP contribution >= 0.6 is 0 Å². The van der Waals surface area contributed by atoms with E-state index in [1.807, 2.05) is 0 Å². The van der Waals surface area contributed by atoms with Crippen molar-refractivity contribution in [3.63, 3.8) is 0 Å². The van der Waals surface area contributed by atoms with Gasteiger partial charge in [0, 0.05) is 57.4 Å². The van der Waals surface area contributed by atoms with Gasteiger partial charge in [0.25, 0.3) is 0 Å². The highest BCUT2D eigenvalue weighted by Gasteiger charge is 2.32. The lowest BCUT2D eigenvalue weighted by Crippen LogP contribution is -2.45. The zero-order valence-electron chi connectivity index (χ0n) is 18.8. The van der Waals surface area contributed by atoms with E-state index in [1.165, 1.54) is 18.5 Å². The molecule has 2 N–H and O–H groups in total. The van der Waals surface area contributed by atoms with E-state index in [-0.39, 0.29) is 5.92 Å². The van der Waals surface area contributed by atoms with E-state index in [4.69, 9.17) is 4.99 Å². The second kappa shape index (κ2) is 11.8. The lowest BCUT2D eigenvalue weighted by molar-refractivity contribution is -0.134. The van der Waals surface area contributed by atoms with Gasteiger partial charge in [-0.2, -0.15) is 0 Å². The lowest BCUT2D eigenvalue weighted by Gasteiger charge is -2.21. The van der Waals surface area contributed by atoms with Crippen LogP contribution in [0.5, 0.6) is 0 Å². The molecule has 2 fully saturated rings. The zero-order chi connectivity index (χ0) is 21.2. The number of benzene rings is 1. The monoisotopic (exact) mass is 413 g/mol. The first-order valence-corrected chi connectivity index (χ1v) is 11.8. The minimum absolute atomic E-state index is 0.277. The van der Waals surface area contributed by atoms with Crippen molar-refractivity contribution in [3.8, 4) is 0 Å². The van der Waals surface area contributed by atoms with Crippen LogP contribution in [0.15, 0.2) is 35.3 Å². The van der Waals surface area contributed by atoms with E-state index in [9.17, 15) is 4.79 Å². The Morgan fingerprint density at radius 3 is 2.67 bits per heavy atom. The number of hydrogen-bond donors (Lipinski definition) is 2. The molecule has 2 aliphatic rings. The Balaban J connectivity index is 1.38. The Morgan fingerprint density at radius 2 is 1.93 bits per heavy atom. The van der Waals surface area contributed by atoms with Gasteiger partial charge in [-0.1, -0.05) is 31.0 Å². The first kappa shape index (κ1) is 22.4. The smallest absolute Gasteiger partial charge is 0.225 e. The highest BCUT2D eigenvalue weighted by Crippen LogP contribution is 2.27. The summed E-state index contributed by atoms with van der Waals surface area (Å²) >= 11 is 0. The Morgan fingerprint density at radius 1 is 1.17 bits per heavy atom. The Kier molecular flexibility index (Phi) is 8.84. The molecule has 1 unspecified atom stereocenters. The van der Waals surface area contributed by atoms with Crippen LogP contribution in [0.1, 0.15) is 51.9 Å². The number of carbonyl (C=O) groups excluding carboxylic acids is 1. The fraction of sp³-hybridized carbons (Fsp3) is 0.667. The molecule has 0 spiro atoms. The van der Waals surface area contributed by atoms with Crippen molar-refractivity contribution in [2.24, 2.45) is 10.9 Å². The Hall–Kier alpha value is -2.24. The third-order valence-electron chi connectivity index (χ3n) is 6.26. The molecule has 1 aliphatic heterocycles. The molecule has 1 atom stereocenters.